The number of benzene rings is 1. The van der Waals surface area contributed by atoms with E-state index in [0.717, 1.165) is 46.8 Å². The van der Waals surface area contributed by atoms with Crippen LogP contribution in [0, 0.1) is 0 Å². The summed E-state index contributed by atoms with van der Waals surface area (Å²) in [5.74, 6) is 0.901. The number of hydrogen-bond acceptors (Lipinski definition) is 4. The SMILES string of the molecule is Nc1sc2c(c1-c1cc3ccccc3o1)CCNC2. The van der Waals surface area contributed by atoms with Gasteiger partial charge in [0.15, 0.2) is 0 Å². The van der Waals surface area contributed by atoms with Crippen LogP contribution in [0.5, 0.6) is 0 Å². The molecule has 1 aliphatic heterocycles. The summed E-state index contributed by atoms with van der Waals surface area (Å²) in [6.45, 7) is 1.93. The molecule has 0 atom stereocenters. The molecule has 1 aromatic carbocycles. The largest absolute Gasteiger partial charge is 0.456 e. The molecule has 96 valence electrons. The average molecular weight is 270 g/mol. The fourth-order valence-electron chi connectivity index (χ4n) is 2.73. The van der Waals surface area contributed by atoms with Gasteiger partial charge in [-0.25, -0.2) is 0 Å². The zero-order chi connectivity index (χ0) is 12.8. The van der Waals surface area contributed by atoms with E-state index in [4.69, 9.17) is 10.2 Å². The Bertz CT molecular complexity index is 724. The first-order valence-corrected chi connectivity index (χ1v) is 7.24. The van der Waals surface area contributed by atoms with Gasteiger partial charge in [0, 0.05) is 16.8 Å². The molecule has 3 N–H and O–H groups in total. The molecule has 3 heterocycles. The molecule has 0 aliphatic carbocycles. The lowest BCUT2D eigenvalue weighted by molar-refractivity contribution is 0.625. The van der Waals surface area contributed by atoms with Crippen LogP contribution in [0.25, 0.3) is 22.3 Å². The van der Waals surface area contributed by atoms with Gasteiger partial charge in [-0.15, -0.1) is 11.3 Å². The van der Waals surface area contributed by atoms with E-state index < -0.39 is 0 Å². The highest BCUT2D eigenvalue weighted by atomic mass is 32.1. The summed E-state index contributed by atoms with van der Waals surface area (Å²) < 4.78 is 5.97. The van der Waals surface area contributed by atoms with Crippen molar-refractivity contribution in [3.05, 3.63) is 40.8 Å². The minimum atomic E-state index is 0.868. The van der Waals surface area contributed by atoms with Crippen LogP contribution in [0.15, 0.2) is 34.7 Å². The number of nitrogens with two attached hydrogens (primary N) is 1. The molecule has 19 heavy (non-hydrogen) atoms. The van der Waals surface area contributed by atoms with E-state index >= 15 is 0 Å². The smallest absolute Gasteiger partial charge is 0.138 e. The summed E-state index contributed by atoms with van der Waals surface area (Å²) in [4.78, 5) is 1.35. The fraction of sp³-hybridized carbons (Fsp3) is 0.200. The van der Waals surface area contributed by atoms with Gasteiger partial charge in [0.1, 0.15) is 11.3 Å². The van der Waals surface area contributed by atoms with Crippen molar-refractivity contribution in [3.8, 4) is 11.3 Å². The Morgan fingerprint density at radius 1 is 1.26 bits per heavy atom. The highest BCUT2D eigenvalue weighted by Crippen LogP contribution is 2.42. The van der Waals surface area contributed by atoms with Gasteiger partial charge in [-0.05, 0) is 30.7 Å². The van der Waals surface area contributed by atoms with Gasteiger partial charge in [0.25, 0.3) is 0 Å². The van der Waals surface area contributed by atoms with Crippen molar-refractivity contribution in [1.29, 1.82) is 0 Å². The third-order valence-corrected chi connectivity index (χ3v) is 4.69. The van der Waals surface area contributed by atoms with Gasteiger partial charge in [-0.1, -0.05) is 18.2 Å². The molecule has 2 aromatic heterocycles. The standard InChI is InChI=1S/C15H14N2OS/c16-15-14(10-5-6-17-8-13(10)19-15)12-7-9-3-1-2-4-11(9)18-12/h1-4,7,17H,5-6,8,16H2. The summed E-state index contributed by atoms with van der Waals surface area (Å²) in [5, 5.41) is 5.38. The van der Waals surface area contributed by atoms with Crippen LogP contribution >= 0.6 is 11.3 Å². The number of furan rings is 1. The van der Waals surface area contributed by atoms with E-state index in [2.05, 4.69) is 17.4 Å². The highest BCUT2D eigenvalue weighted by molar-refractivity contribution is 7.16. The maximum Gasteiger partial charge on any atom is 0.138 e. The predicted molar refractivity (Wildman–Crippen MR) is 79.4 cm³/mol. The first-order valence-electron chi connectivity index (χ1n) is 6.42. The summed E-state index contributed by atoms with van der Waals surface area (Å²) in [7, 11) is 0. The molecule has 4 heteroatoms. The zero-order valence-electron chi connectivity index (χ0n) is 10.4. The molecule has 0 unspecified atom stereocenters. The maximum absolute atomic E-state index is 6.21. The van der Waals surface area contributed by atoms with Crippen LogP contribution < -0.4 is 11.1 Å². The summed E-state index contributed by atoms with van der Waals surface area (Å²) in [6.07, 6.45) is 1.02. The molecule has 0 saturated heterocycles. The maximum atomic E-state index is 6.21. The van der Waals surface area contributed by atoms with Crippen molar-refractivity contribution in [3.63, 3.8) is 0 Å². The lowest BCUT2D eigenvalue weighted by atomic mass is 10.0. The molecule has 0 fully saturated rings. The zero-order valence-corrected chi connectivity index (χ0v) is 11.2. The summed E-state index contributed by atoms with van der Waals surface area (Å²) in [6, 6.07) is 10.2. The summed E-state index contributed by atoms with van der Waals surface area (Å²) in [5.41, 5.74) is 9.60. The van der Waals surface area contributed by atoms with Crippen molar-refractivity contribution in [2.75, 3.05) is 12.3 Å². The number of nitrogen functional groups attached to an aromatic ring is 1. The predicted octanol–water partition coefficient (Wildman–Crippen LogP) is 3.39. The minimum absolute atomic E-state index is 0.868. The number of hydrogen-bond donors (Lipinski definition) is 2. The number of nitrogens with one attached hydrogen (secondary N) is 1. The van der Waals surface area contributed by atoms with E-state index in [-0.39, 0.29) is 0 Å². The highest BCUT2D eigenvalue weighted by Gasteiger charge is 2.22. The normalized spacial score (nSPS) is 14.7. The first-order chi connectivity index (χ1) is 9.33. The topological polar surface area (TPSA) is 51.2 Å². The van der Waals surface area contributed by atoms with Crippen molar-refractivity contribution in [2.24, 2.45) is 0 Å². The Balaban J connectivity index is 1.94. The van der Waals surface area contributed by atoms with Crippen molar-refractivity contribution < 1.29 is 4.42 Å². The Morgan fingerprint density at radius 3 is 3.05 bits per heavy atom. The van der Waals surface area contributed by atoms with Gasteiger partial charge in [-0.2, -0.15) is 0 Å². The Labute approximate surface area is 115 Å². The molecular weight excluding hydrogens is 256 g/mol. The van der Waals surface area contributed by atoms with Crippen LogP contribution in [0.4, 0.5) is 5.00 Å². The number of fused-ring (bicyclic) bond motifs is 2. The quantitative estimate of drug-likeness (QED) is 0.712. The molecule has 0 radical (unpaired) electrons. The van der Waals surface area contributed by atoms with Crippen LogP contribution in [0.3, 0.4) is 0 Å². The van der Waals surface area contributed by atoms with E-state index in [9.17, 15) is 0 Å². The Kier molecular flexibility index (Phi) is 2.40. The molecule has 0 bridgehead atoms. The van der Waals surface area contributed by atoms with Crippen LogP contribution in [-0.2, 0) is 13.0 Å². The van der Waals surface area contributed by atoms with Gasteiger partial charge in [0.2, 0.25) is 0 Å². The molecule has 4 rings (SSSR count). The van der Waals surface area contributed by atoms with E-state index in [1.807, 2.05) is 18.2 Å². The molecular formula is C15H14N2OS. The van der Waals surface area contributed by atoms with Crippen molar-refractivity contribution in [1.82, 2.24) is 5.32 Å². The van der Waals surface area contributed by atoms with Gasteiger partial charge in [-0.3, -0.25) is 0 Å². The fourth-order valence-corrected chi connectivity index (χ4v) is 3.82. The first kappa shape index (κ1) is 11.1. The third kappa shape index (κ3) is 1.68. The molecule has 1 aliphatic rings. The van der Waals surface area contributed by atoms with E-state index in [1.165, 1.54) is 10.4 Å². The second kappa shape index (κ2) is 4.11. The second-order valence-electron chi connectivity index (χ2n) is 4.82. The Hall–Kier alpha value is -1.78. The molecule has 3 nitrogen and oxygen atoms in total. The van der Waals surface area contributed by atoms with Crippen molar-refractivity contribution >= 4 is 27.3 Å². The number of para-hydroxylation sites is 1. The Morgan fingerprint density at radius 2 is 2.16 bits per heavy atom. The summed E-state index contributed by atoms with van der Waals surface area (Å²) >= 11 is 1.68. The second-order valence-corrected chi connectivity index (χ2v) is 5.96. The molecule has 3 aromatic rings. The van der Waals surface area contributed by atoms with Crippen molar-refractivity contribution in [2.45, 2.75) is 13.0 Å². The average Bonchev–Trinajstić information content (AvgIpc) is 2.97. The molecule has 0 saturated carbocycles. The lowest BCUT2D eigenvalue weighted by Crippen LogP contribution is -2.22. The van der Waals surface area contributed by atoms with Crippen LogP contribution in [0.2, 0.25) is 0 Å². The number of rotatable bonds is 1. The van der Waals surface area contributed by atoms with Gasteiger partial charge >= 0.3 is 0 Å². The van der Waals surface area contributed by atoms with Gasteiger partial charge in [0.05, 0.1) is 10.6 Å². The third-order valence-electron chi connectivity index (χ3n) is 3.63. The monoisotopic (exact) mass is 270 g/mol. The van der Waals surface area contributed by atoms with Crippen LogP contribution in [-0.4, -0.2) is 6.54 Å². The minimum Gasteiger partial charge on any atom is -0.456 e. The van der Waals surface area contributed by atoms with Crippen LogP contribution in [0.1, 0.15) is 10.4 Å². The van der Waals surface area contributed by atoms with Gasteiger partial charge < -0.3 is 15.5 Å². The number of thiophene rings is 1. The van der Waals surface area contributed by atoms with E-state index in [0.29, 0.717) is 0 Å². The molecule has 0 spiro atoms. The van der Waals surface area contributed by atoms with E-state index in [1.54, 1.807) is 11.3 Å². The lowest BCUT2D eigenvalue weighted by Gasteiger charge is -2.13. The molecule has 0 amide bonds. The number of anilines is 1.